The molecule has 6 nitrogen and oxygen atoms in total. The molecule has 1 aromatic heterocycles. The number of pyridine rings is 1. The van der Waals surface area contributed by atoms with E-state index in [0.717, 1.165) is 22.3 Å². The number of anilines is 1. The van der Waals surface area contributed by atoms with Crippen molar-refractivity contribution >= 4 is 22.8 Å². The van der Waals surface area contributed by atoms with Gasteiger partial charge in [-0.1, -0.05) is 12.1 Å². The third-order valence-corrected chi connectivity index (χ3v) is 3.55. The van der Waals surface area contributed by atoms with Crippen LogP contribution in [0.1, 0.15) is 11.3 Å². The lowest BCUT2D eigenvalue weighted by molar-refractivity contribution is 0.419. The van der Waals surface area contributed by atoms with E-state index in [0.29, 0.717) is 11.3 Å². The second-order valence-electron chi connectivity index (χ2n) is 5.28. The Morgan fingerprint density at radius 1 is 1.17 bits per heavy atom. The van der Waals surface area contributed by atoms with E-state index in [4.69, 9.17) is 4.74 Å². The van der Waals surface area contributed by atoms with Gasteiger partial charge in [-0.3, -0.25) is 5.43 Å². The lowest BCUT2D eigenvalue weighted by atomic mass is 10.1. The molecule has 0 fully saturated rings. The van der Waals surface area contributed by atoms with Crippen molar-refractivity contribution in [3.8, 4) is 17.2 Å². The number of benzene rings is 2. The van der Waals surface area contributed by atoms with Gasteiger partial charge in [-0.2, -0.15) is 5.10 Å². The van der Waals surface area contributed by atoms with E-state index in [1.54, 1.807) is 13.2 Å². The molecule has 0 saturated heterocycles. The van der Waals surface area contributed by atoms with Crippen LogP contribution in [-0.2, 0) is 0 Å². The summed E-state index contributed by atoms with van der Waals surface area (Å²) in [5.74, 6) is 0.651. The lowest BCUT2D eigenvalue weighted by Crippen LogP contribution is -1.96. The van der Waals surface area contributed by atoms with Crippen LogP contribution in [0.3, 0.4) is 0 Å². The zero-order chi connectivity index (χ0) is 17.1. The number of nitrogens with zero attached hydrogens (tertiary/aromatic N) is 2. The minimum absolute atomic E-state index is 0.000423. The van der Waals surface area contributed by atoms with Gasteiger partial charge in [0.05, 0.1) is 19.0 Å². The molecule has 3 aromatic rings. The van der Waals surface area contributed by atoms with Gasteiger partial charge in [0, 0.05) is 22.7 Å². The minimum atomic E-state index is -0.0435. The zero-order valence-corrected chi connectivity index (χ0v) is 13.3. The molecular formula is C18H17N3O3. The number of hydrogen-bond donors (Lipinski definition) is 3. The molecule has 0 radical (unpaired) electrons. The van der Waals surface area contributed by atoms with Crippen molar-refractivity contribution in [1.29, 1.82) is 0 Å². The fourth-order valence-electron chi connectivity index (χ4n) is 2.42. The summed E-state index contributed by atoms with van der Waals surface area (Å²) in [6.07, 6.45) is 1.48. The number of hydrazone groups is 1. The van der Waals surface area contributed by atoms with Crippen molar-refractivity contribution in [2.45, 2.75) is 6.92 Å². The highest BCUT2D eigenvalue weighted by molar-refractivity contribution is 5.95. The Kier molecular flexibility index (Phi) is 4.20. The van der Waals surface area contributed by atoms with Gasteiger partial charge < -0.3 is 14.9 Å². The maximum absolute atomic E-state index is 9.77. The number of rotatable bonds is 4. The average molecular weight is 323 g/mol. The molecule has 0 atom stereocenters. The van der Waals surface area contributed by atoms with Gasteiger partial charge >= 0.3 is 0 Å². The monoisotopic (exact) mass is 323 g/mol. The number of ether oxygens (including phenoxy) is 1. The molecular weight excluding hydrogens is 306 g/mol. The Morgan fingerprint density at radius 2 is 2.00 bits per heavy atom. The molecule has 0 amide bonds. The fraction of sp³-hybridized carbons (Fsp3) is 0.111. The number of aryl methyl sites for hydroxylation is 1. The third-order valence-electron chi connectivity index (χ3n) is 3.55. The molecule has 0 bridgehead atoms. The van der Waals surface area contributed by atoms with E-state index in [2.05, 4.69) is 15.5 Å². The maximum Gasteiger partial charge on any atom is 0.145 e. The van der Waals surface area contributed by atoms with E-state index in [9.17, 15) is 10.2 Å². The first-order valence-corrected chi connectivity index (χ1v) is 7.34. The van der Waals surface area contributed by atoms with Gasteiger partial charge in [0.25, 0.3) is 0 Å². The van der Waals surface area contributed by atoms with Crippen LogP contribution < -0.4 is 10.2 Å². The van der Waals surface area contributed by atoms with E-state index in [1.807, 2.05) is 31.2 Å². The summed E-state index contributed by atoms with van der Waals surface area (Å²) < 4.78 is 5.35. The van der Waals surface area contributed by atoms with Crippen LogP contribution in [0.25, 0.3) is 10.9 Å². The summed E-state index contributed by atoms with van der Waals surface area (Å²) in [6, 6.07) is 11.9. The third kappa shape index (κ3) is 3.08. The minimum Gasteiger partial charge on any atom is -0.508 e. The first-order chi connectivity index (χ1) is 11.6. The molecule has 0 aliphatic carbocycles. The number of hydrogen-bond acceptors (Lipinski definition) is 6. The van der Waals surface area contributed by atoms with Crippen LogP contribution in [-0.4, -0.2) is 28.5 Å². The molecule has 2 aromatic carbocycles. The number of nitrogens with one attached hydrogen (secondary N) is 1. The predicted octanol–water partition coefficient (Wildman–Crippen LogP) is 3.41. The van der Waals surface area contributed by atoms with Crippen LogP contribution in [0.2, 0.25) is 0 Å². The highest BCUT2D eigenvalue weighted by Gasteiger charge is 2.08. The van der Waals surface area contributed by atoms with Crippen molar-refractivity contribution in [3.63, 3.8) is 0 Å². The van der Waals surface area contributed by atoms with Crippen molar-refractivity contribution in [2.75, 3.05) is 12.5 Å². The van der Waals surface area contributed by atoms with Gasteiger partial charge in [-0.05, 0) is 31.2 Å². The van der Waals surface area contributed by atoms with Crippen LogP contribution in [0, 0.1) is 6.92 Å². The summed E-state index contributed by atoms with van der Waals surface area (Å²) in [5.41, 5.74) is 5.83. The topological polar surface area (TPSA) is 87.0 Å². The first-order valence-electron chi connectivity index (χ1n) is 7.34. The maximum atomic E-state index is 9.77. The van der Waals surface area contributed by atoms with Crippen LogP contribution in [0.5, 0.6) is 17.2 Å². The highest BCUT2D eigenvalue weighted by Crippen LogP contribution is 2.30. The smallest absolute Gasteiger partial charge is 0.145 e. The molecule has 24 heavy (non-hydrogen) atoms. The molecule has 3 rings (SSSR count). The summed E-state index contributed by atoms with van der Waals surface area (Å²) in [5, 5.41) is 24.1. The summed E-state index contributed by atoms with van der Waals surface area (Å²) in [4.78, 5) is 4.51. The predicted molar refractivity (Wildman–Crippen MR) is 94.0 cm³/mol. The van der Waals surface area contributed by atoms with E-state index >= 15 is 0 Å². The molecule has 3 N–H and O–H groups in total. The summed E-state index contributed by atoms with van der Waals surface area (Å²) >= 11 is 0. The number of methoxy groups -OCH3 is 1. The first kappa shape index (κ1) is 15.6. The van der Waals surface area contributed by atoms with E-state index < -0.39 is 0 Å². The Labute approximate surface area is 139 Å². The number of phenolic OH excluding ortho intramolecular Hbond substituents is 2. The molecule has 0 saturated carbocycles. The molecule has 1 heterocycles. The summed E-state index contributed by atoms with van der Waals surface area (Å²) in [6.45, 7) is 1.90. The number of para-hydroxylation sites is 1. The molecule has 6 heteroatoms. The highest BCUT2D eigenvalue weighted by atomic mass is 16.5. The van der Waals surface area contributed by atoms with Crippen LogP contribution >= 0.6 is 0 Å². The fourth-order valence-corrected chi connectivity index (χ4v) is 2.42. The molecule has 0 aliphatic heterocycles. The van der Waals surface area contributed by atoms with Crippen molar-refractivity contribution in [1.82, 2.24) is 4.98 Å². The molecule has 0 aliphatic rings. The van der Waals surface area contributed by atoms with E-state index in [1.165, 1.54) is 18.3 Å². The van der Waals surface area contributed by atoms with Gasteiger partial charge in [0.1, 0.15) is 22.8 Å². The van der Waals surface area contributed by atoms with Crippen molar-refractivity contribution in [2.24, 2.45) is 5.10 Å². The Balaban J connectivity index is 1.94. The van der Waals surface area contributed by atoms with Gasteiger partial charge in [-0.15, -0.1) is 0 Å². The largest absolute Gasteiger partial charge is 0.508 e. The molecule has 0 unspecified atom stereocenters. The Bertz CT molecular complexity index is 923. The number of aromatic hydroxyl groups is 2. The van der Waals surface area contributed by atoms with Gasteiger partial charge in [0.15, 0.2) is 0 Å². The normalized spacial score (nSPS) is 11.1. The van der Waals surface area contributed by atoms with Gasteiger partial charge in [0.2, 0.25) is 0 Å². The average Bonchev–Trinajstić information content (AvgIpc) is 2.56. The summed E-state index contributed by atoms with van der Waals surface area (Å²) in [7, 11) is 1.61. The number of phenols is 2. The number of fused-ring (bicyclic) bond motifs is 1. The Morgan fingerprint density at radius 3 is 2.75 bits per heavy atom. The standard InChI is InChI=1S/C18H17N3O3/c1-11-8-15(14-4-3-5-17(24-2)18(14)20-11)21-19-10-12-6-7-13(22)9-16(12)23/h3-10,22-23H,1-2H3,(H,20,21)/b19-10+. The van der Waals surface area contributed by atoms with Crippen molar-refractivity contribution in [3.05, 3.63) is 53.7 Å². The van der Waals surface area contributed by atoms with E-state index in [-0.39, 0.29) is 11.5 Å². The quantitative estimate of drug-likeness (QED) is 0.506. The van der Waals surface area contributed by atoms with Gasteiger partial charge in [-0.25, -0.2) is 4.98 Å². The lowest BCUT2D eigenvalue weighted by Gasteiger charge is -2.10. The SMILES string of the molecule is COc1cccc2c(N/N=C/c3ccc(O)cc3O)cc(C)nc12. The molecule has 122 valence electrons. The van der Waals surface area contributed by atoms with Crippen LogP contribution in [0.4, 0.5) is 5.69 Å². The second-order valence-corrected chi connectivity index (χ2v) is 5.28. The molecule has 0 spiro atoms. The zero-order valence-electron chi connectivity index (χ0n) is 13.3. The van der Waals surface area contributed by atoms with Crippen molar-refractivity contribution < 1.29 is 14.9 Å². The number of aromatic nitrogens is 1. The second kappa shape index (κ2) is 6.45. The van der Waals surface area contributed by atoms with Crippen LogP contribution in [0.15, 0.2) is 47.6 Å². The Hall–Kier alpha value is -3.28.